The number of pyridine rings is 1. The lowest BCUT2D eigenvalue weighted by Crippen LogP contribution is -2.28. The number of carboxylic acids is 1. The van der Waals surface area contributed by atoms with Gasteiger partial charge in [-0.3, -0.25) is 9.78 Å². The second-order valence-electron chi connectivity index (χ2n) is 10.9. The van der Waals surface area contributed by atoms with Crippen LogP contribution in [0.4, 0.5) is 0 Å². The number of rotatable bonds is 8. The van der Waals surface area contributed by atoms with Gasteiger partial charge in [-0.25, -0.2) is 8.42 Å². The van der Waals surface area contributed by atoms with Gasteiger partial charge in [0.2, 0.25) is 0 Å². The molecular weight excluding hydrogens is 514 g/mol. The summed E-state index contributed by atoms with van der Waals surface area (Å²) in [7, 11) is -3.36. The third kappa shape index (κ3) is 4.85. The number of thiol groups is 1. The average Bonchev–Trinajstić information content (AvgIpc) is 3.67. The van der Waals surface area contributed by atoms with Gasteiger partial charge in [0.25, 0.3) is 0 Å². The van der Waals surface area contributed by atoms with Gasteiger partial charge in [0.15, 0.2) is 9.84 Å². The van der Waals surface area contributed by atoms with E-state index in [4.69, 9.17) is 12.6 Å². The Morgan fingerprint density at radius 1 is 1.00 bits per heavy atom. The van der Waals surface area contributed by atoms with Crippen LogP contribution in [0.3, 0.4) is 0 Å². The van der Waals surface area contributed by atoms with Crippen LogP contribution in [0.1, 0.15) is 49.5 Å². The maximum atomic E-state index is 12.6. The highest BCUT2D eigenvalue weighted by Crippen LogP contribution is 2.60. The molecule has 38 heavy (non-hydrogen) atoms. The molecule has 1 atom stereocenters. The number of fused-ring (bicyclic) bond motifs is 1. The standard InChI is InChI=1S/C31H31NO4S2/c1-30(2,38(3,35)36)25-17-24-8-5-15-32-28(24)26(18-25)23-7-4-6-22(16-23)20-9-11-21(12-10-20)29(37)31(13-14-31)19-27(33)34/h4-12,15-18,29,37H,13-14,19H2,1-3H3,(H,33,34). The molecule has 1 unspecified atom stereocenters. The number of hydrogen-bond acceptors (Lipinski definition) is 5. The molecule has 0 saturated heterocycles. The Kier molecular flexibility index (Phi) is 6.64. The van der Waals surface area contributed by atoms with Crippen LogP contribution in [0.25, 0.3) is 33.2 Å². The molecule has 0 bridgehead atoms. The van der Waals surface area contributed by atoms with Crippen molar-refractivity contribution < 1.29 is 18.3 Å². The molecule has 5 nitrogen and oxygen atoms in total. The molecule has 7 heteroatoms. The Balaban J connectivity index is 1.53. The maximum Gasteiger partial charge on any atom is 0.303 e. The lowest BCUT2D eigenvalue weighted by atomic mass is 9.90. The second kappa shape index (κ2) is 9.54. The summed E-state index contributed by atoms with van der Waals surface area (Å²) in [6.07, 6.45) is 4.93. The van der Waals surface area contributed by atoms with Gasteiger partial charge >= 0.3 is 5.97 Å². The minimum atomic E-state index is -3.36. The van der Waals surface area contributed by atoms with Crippen molar-refractivity contribution in [3.63, 3.8) is 0 Å². The molecule has 5 rings (SSSR count). The Labute approximate surface area is 229 Å². The number of carboxylic acid groups (broad SMARTS) is 1. The molecule has 1 N–H and O–H groups in total. The summed E-state index contributed by atoms with van der Waals surface area (Å²) in [5.41, 5.74) is 6.20. The third-order valence-electron chi connectivity index (χ3n) is 8.04. The van der Waals surface area contributed by atoms with Crippen molar-refractivity contribution in [2.24, 2.45) is 5.41 Å². The van der Waals surface area contributed by atoms with Gasteiger partial charge in [-0.15, -0.1) is 0 Å². The summed E-state index contributed by atoms with van der Waals surface area (Å²) < 4.78 is 24.2. The van der Waals surface area contributed by atoms with Crippen LogP contribution >= 0.6 is 12.6 Å². The first kappa shape index (κ1) is 26.4. The molecule has 1 aliphatic rings. The van der Waals surface area contributed by atoms with Crippen LogP contribution in [-0.4, -0.2) is 30.7 Å². The second-order valence-corrected chi connectivity index (χ2v) is 14.0. The minimum Gasteiger partial charge on any atom is -0.481 e. The van der Waals surface area contributed by atoms with Gasteiger partial charge in [0, 0.05) is 28.7 Å². The molecule has 3 aromatic carbocycles. The molecule has 1 fully saturated rings. The van der Waals surface area contributed by atoms with Crippen LogP contribution in [-0.2, 0) is 19.4 Å². The van der Waals surface area contributed by atoms with E-state index in [-0.39, 0.29) is 17.1 Å². The number of hydrogen-bond donors (Lipinski definition) is 2. The van der Waals surface area contributed by atoms with E-state index in [9.17, 15) is 18.3 Å². The van der Waals surface area contributed by atoms with Gasteiger partial charge in [-0.2, -0.15) is 12.6 Å². The zero-order valence-corrected chi connectivity index (χ0v) is 23.4. The highest BCUT2D eigenvalue weighted by molar-refractivity contribution is 7.91. The van der Waals surface area contributed by atoms with E-state index in [1.54, 1.807) is 20.0 Å². The summed E-state index contributed by atoms with van der Waals surface area (Å²) in [6.45, 7) is 3.47. The fourth-order valence-corrected chi connectivity index (χ4v) is 6.13. The van der Waals surface area contributed by atoms with Crippen molar-refractivity contribution in [1.82, 2.24) is 4.98 Å². The third-order valence-corrected chi connectivity index (χ3v) is 11.0. The van der Waals surface area contributed by atoms with Crippen molar-refractivity contribution >= 4 is 39.3 Å². The summed E-state index contributed by atoms with van der Waals surface area (Å²) >= 11 is 4.80. The van der Waals surface area contributed by atoms with Crippen LogP contribution < -0.4 is 0 Å². The Bertz CT molecular complexity index is 1640. The molecule has 0 radical (unpaired) electrons. The van der Waals surface area contributed by atoms with Crippen molar-refractivity contribution in [2.75, 3.05) is 6.26 Å². The van der Waals surface area contributed by atoms with Gasteiger partial charge in [-0.1, -0.05) is 48.5 Å². The largest absolute Gasteiger partial charge is 0.481 e. The van der Waals surface area contributed by atoms with Crippen LogP contribution in [0.2, 0.25) is 0 Å². The quantitative estimate of drug-likeness (QED) is 0.231. The fraction of sp³-hybridized carbons (Fsp3) is 0.290. The van der Waals surface area contributed by atoms with Gasteiger partial charge < -0.3 is 5.11 Å². The summed E-state index contributed by atoms with van der Waals surface area (Å²) in [5.74, 6) is -0.777. The molecule has 4 aromatic rings. The van der Waals surface area contributed by atoms with Crippen molar-refractivity contribution in [3.05, 3.63) is 90.1 Å². The lowest BCUT2D eigenvalue weighted by molar-refractivity contribution is -0.138. The van der Waals surface area contributed by atoms with Gasteiger partial charge in [0.1, 0.15) is 0 Å². The van der Waals surface area contributed by atoms with E-state index < -0.39 is 20.6 Å². The zero-order valence-electron chi connectivity index (χ0n) is 21.7. The number of carbonyl (C=O) groups is 1. The Hall–Kier alpha value is -3.16. The fourth-order valence-electron chi connectivity index (χ4n) is 5.06. The molecule has 0 spiro atoms. The number of benzene rings is 3. The van der Waals surface area contributed by atoms with E-state index in [1.165, 1.54) is 6.26 Å². The highest BCUT2D eigenvalue weighted by Gasteiger charge is 2.49. The average molecular weight is 546 g/mol. The molecule has 1 saturated carbocycles. The van der Waals surface area contributed by atoms with Gasteiger partial charge in [-0.05, 0) is 84.2 Å². The number of sulfone groups is 1. The molecule has 0 amide bonds. The normalized spacial score (nSPS) is 15.8. The van der Waals surface area contributed by atoms with E-state index in [0.29, 0.717) is 0 Å². The SMILES string of the molecule is CC(C)(c1cc(-c2cccc(-c3ccc(C(S)C4(CC(=O)O)CC4)cc3)c2)c2ncccc2c1)S(C)(=O)=O. The minimum absolute atomic E-state index is 0.114. The predicted octanol–water partition coefficient (Wildman–Crippen LogP) is 7.07. The molecule has 1 aliphatic carbocycles. The van der Waals surface area contributed by atoms with E-state index in [0.717, 1.165) is 57.1 Å². The summed E-state index contributed by atoms with van der Waals surface area (Å²) in [5, 5.41) is 10.1. The van der Waals surface area contributed by atoms with Gasteiger partial charge in [0.05, 0.1) is 16.7 Å². The smallest absolute Gasteiger partial charge is 0.303 e. The first-order chi connectivity index (χ1) is 17.9. The molecule has 196 valence electrons. The number of nitrogens with zero attached hydrogens (tertiary/aromatic N) is 1. The van der Waals surface area contributed by atoms with E-state index in [1.807, 2.05) is 66.7 Å². The molecular formula is C31H31NO4S2. The predicted molar refractivity (Wildman–Crippen MR) is 156 cm³/mol. The maximum absolute atomic E-state index is 12.6. The highest BCUT2D eigenvalue weighted by atomic mass is 32.2. The Morgan fingerprint density at radius 3 is 2.32 bits per heavy atom. The van der Waals surface area contributed by atoms with Crippen molar-refractivity contribution in [2.45, 2.75) is 43.1 Å². The van der Waals surface area contributed by atoms with Crippen molar-refractivity contribution in [3.8, 4) is 22.3 Å². The van der Waals surface area contributed by atoms with Crippen LogP contribution in [0.15, 0.2) is 79.0 Å². The van der Waals surface area contributed by atoms with Crippen molar-refractivity contribution in [1.29, 1.82) is 0 Å². The lowest BCUT2D eigenvalue weighted by Gasteiger charge is -2.24. The summed E-state index contributed by atoms with van der Waals surface area (Å²) in [6, 6.07) is 24.0. The molecule has 1 aromatic heterocycles. The van der Waals surface area contributed by atoms with E-state index in [2.05, 4.69) is 11.1 Å². The first-order valence-corrected chi connectivity index (χ1v) is 15.0. The molecule has 0 aliphatic heterocycles. The number of aliphatic carboxylic acids is 1. The molecule has 1 heterocycles. The summed E-state index contributed by atoms with van der Waals surface area (Å²) in [4.78, 5) is 15.9. The zero-order chi connectivity index (χ0) is 27.3. The first-order valence-electron chi connectivity index (χ1n) is 12.6. The monoisotopic (exact) mass is 545 g/mol. The van der Waals surface area contributed by atoms with Crippen LogP contribution in [0.5, 0.6) is 0 Å². The number of aromatic nitrogens is 1. The Morgan fingerprint density at radius 2 is 1.68 bits per heavy atom. The van der Waals surface area contributed by atoms with Crippen LogP contribution in [0, 0.1) is 5.41 Å². The van der Waals surface area contributed by atoms with E-state index >= 15 is 0 Å². The topological polar surface area (TPSA) is 84.3 Å².